The number of likely N-dealkylation sites (tertiary alicyclic amines) is 1. The monoisotopic (exact) mass is 311 g/mol. The fourth-order valence-corrected chi connectivity index (χ4v) is 3.40. The van der Waals surface area contributed by atoms with E-state index in [1.807, 2.05) is 21.9 Å². The topological polar surface area (TPSA) is 63.9 Å². The molecule has 0 N–H and O–H groups in total. The van der Waals surface area contributed by atoms with Crippen LogP contribution in [0, 0.1) is 5.92 Å². The molecule has 0 atom stereocenters. The van der Waals surface area contributed by atoms with E-state index in [-0.39, 0.29) is 0 Å². The first-order valence-corrected chi connectivity index (χ1v) is 8.40. The summed E-state index contributed by atoms with van der Waals surface area (Å²) in [6.07, 6.45) is 14.3. The second kappa shape index (κ2) is 6.10. The molecule has 1 saturated heterocycles. The second-order valence-electron chi connectivity index (χ2n) is 6.50. The van der Waals surface area contributed by atoms with Crippen molar-refractivity contribution in [1.82, 2.24) is 24.4 Å². The lowest BCUT2D eigenvalue weighted by molar-refractivity contribution is -0.139. The molecule has 120 valence electrons. The number of hydrogen-bond donors (Lipinski definition) is 0. The first-order chi connectivity index (χ1) is 11.3. The Hall–Kier alpha value is -2.24. The quantitative estimate of drug-likeness (QED) is 0.871. The average Bonchev–Trinajstić information content (AvgIpc) is 3.08. The van der Waals surface area contributed by atoms with E-state index in [1.54, 1.807) is 18.7 Å². The molecule has 0 unspecified atom stereocenters. The Morgan fingerprint density at radius 2 is 1.91 bits per heavy atom. The van der Waals surface area contributed by atoms with Gasteiger partial charge in [0.2, 0.25) is 5.91 Å². The van der Waals surface area contributed by atoms with E-state index in [1.165, 1.54) is 6.42 Å². The Morgan fingerprint density at radius 3 is 2.57 bits per heavy atom. The highest BCUT2D eigenvalue weighted by Gasteiger charge is 2.32. The van der Waals surface area contributed by atoms with Gasteiger partial charge in [-0.05, 0) is 25.7 Å². The lowest BCUT2D eigenvalue weighted by Gasteiger charge is -2.36. The van der Waals surface area contributed by atoms with Gasteiger partial charge < -0.3 is 4.90 Å². The van der Waals surface area contributed by atoms with Crippen LogP contribution in [-0.2, 0) is 4.79 Å². The molecule has 2 fully saturated rings. The van der Waals surface area contributed by atoms with Crippen molar-refractivity contribution in [3.05, 3.63) is 36.8 Å². The Bertz CT molecular complexity index is 672. The van der Waals surface area contributed by atoms with Gasteiger partial charge in [-0.3, -0.25) is 14.3 Å². The largest absolute Gasteiger partial charge is 0.342 e. The predicted octanol–water partition coefficient (Wildman–Crippen LogP) is 2.17. The first kappa shape index (κ1) is 14.4. The summed E-state index contributed by atoms with van der Waals surface area (Å²) >= 11 is 0. The molecule has 0 radical (unpaired) electrons. The molecule has 2 aromatic heterocycles. The molecule has 1 saturated carbocycles. The highest BCUT2D eigenvalue weighted by molar-refractivity contribution is 5.79. The van der Waals surface area contributed by atoms with Gasteiger partial charge in [0.25, 0.3) is 0 Å². The minimum Gasteiger partial charge on any atom is -0.342 e. The van der Waals surface area contributed by atoms with Crippen LogP contribution < -0.4 is 0 Å². The molecule has 2 aliphatic rings. The standard InChI is InChI=1S/C17H21N5O/c23-17(14-2-1-3-14)21-7-4-13(5-8-21)15-10-19-11-16(20-15)22-9-6-18-12-22/h6,9-14H,1-5,7-8H2. The van der Waals surface area contributed by atoms with Crippen LogP contribution in [0.3, 0.4) is 0 Å². The molecule has 6 heteroatoms. The number of aromatic nitrogens is 4. The SMILES string of the molecule is O=C(C1CCC1)N1CCC(c2cncc(-n3ccnc3)n2)CC1. The molecule has 0 aromatic carbocycles. The molecular formula is C17H21N5O. The Kier molecular flexibility index (Phi) is 3.81. The number of carbonyl (C=O) groups is 1. The zero-order valence-electron chi connectivity index (χ0n) is 13.1. The summed E-state index contributed by atoms with van der Waals surface area (Å²) in [5.41, 5.74) is 1.02. The van der Waals surface area contributed by atoms with Gasteiger partial charge in [-0.25, -0.2) is 9.97 Å². The van der Waals surface area contributed by atoms with Gasteiger partial charge in [0.05, 0.1) is 11.9 Å². The number of amides is 1. The summed E-state index contributed by atoms with van der Waals surface area (Å²) in [6.45, 7) is 1.69. The maximum atomic E-state index is 12.3. The van der Waals surface area contributed by atoms with Gasteiger partial charge in [0.1, 0.15) is 6.33 Å². The predicted molar refractivity (Wildman–Crippen MR) is 85.1 cm³/mol. The molecule has 4 rings (SSSR count). The summed E-state index contributed by atoms with van der Waals surface area (Å²) in [4.78, 5) is 27.5. The van der Waals surface area contributed by atoms with Crippen molar-refractivity contribution in [2.75, 3.05) is 13.1 Å². The number of imidazole rings is 1. The summed E-state index contributed by atoms with van der Waals surface area (Å²) < 4.78 is 1.87. The maximum absolute atomic E-state index is 12.3. The van der Waals surface area contributed by atoms with Gasteiger partial charge in [-0.2, -0.15) is 0 Å². The van der Waals surface area contributed by atoms with E-state index in [0.717, 1.165) is 50.3 Å². The van der Waals surface area contributed by atoms with Crippen LogP contribution in [0.4, 0.5) is 0 Å². The van der Waals surface area contributed by atoms with E-state index < -0.39 is 0 Å². The van der Waals surface area contributed by atoms with Crippen LogP contribution >= 0.6 is 0 Å². The highest BCUT2D eigenvalue weighted by Crippen LogP contribution is 2.32. The number of hydrogen-bond acceptors (Lipinski definition) is 4. The summed E-state index contributed by atoms with van der Waals surface area (Å²) in [5.74, 6) is 1.85. The summed E-state index contributed by atoms with van der Waals surface area (Å²) in [6, 6.07) is 0. The van der Waals surface area contributed by atoms with Crippen LogP contribution in [0.2, 0.25) is 0 Å². The van der Waals surface area contributed by atoms with Gasteiger partial charge in [-0.1, -0.05) is 6.42 Å². The zero-order chi connectivity index (χ0) is 15.6. The van der Waals surface area contributed by atoms with Crippen molar-refractivity contribution in [3.8, 4) is 5.82 Å². The second-order valence-corrected chi connectivity index (χ2v) is 6.50. The van der Waals surface area contributed by atoms with Gasteiger partial charge in [0, 0.05) is 43.5 Å². The van der Waals surface area contributed by atoms with E-state index >= 15 is 0 Å². The summed E-state index contributed by atoms with van der Waals surface area (Å²) in [7, 11) is 0. The molecule has 6 nitrogen and oxygen atoms in total. The number of carbonyl (C=O) groups excluding carboxylic acids is 1. The fourth-order valence-electron chi connectivity index (χ4n) is 3.40. The average molecular weight is 311 g/mol. The number of piperidine rings is 1. The van der Waals surface area contributed by atoms with Crippen molar-refractivity contribution in [2.24, 2.45) is 5.92 Å². The normalized spacial score (nSPS) is 19.6. The first-order valence-electron chi connectivity index (χ1n) is 8.40. The van der Waals surface area contributed by atoms with E-state index in [0.29, 0.717) is 17.7 Å². The van der Waals surface area contributed by atoms with Gasteiger partial charge in [-0.15, -0.1) is 0 Å². The van der Waals surface area contributed by atoms with E-state index in [9.17, 15) is 4.79 Å². The third-order valence-corrected chi connectivity index (χ3v) is 5.09. The fraction of sp³-hybridized carbons (Fsp3) is 0.529. The Labute approximate surface area is 135 Å². The molecular weight excluding hydrogens is 290 g/mol. The molecule has 1 aliphatic carbocycles. The van der Waals surface area contributed by atoms with E-state index in [4.69, 9.17) is 4.98 Å². The van der Waals surface area contributed by atoms with Crippen molar-refractivity contribution in [3.63, 3.8) is 0 Å². The van der Waals surface area contributed by atoms with Crippen molar-refractivity contribution in [2.45, 2.75) is 38.0 Å². The molecule has 2 aromatic rings. The van der Waals surface area contributed by atoms with Crippen molar-refractivity contribution < 1.29 is 4.79 Å². The molecule has 1 amide bonds. The Balaban J connectivity index is 1.42. The van der Waals surface area contributed by atoms with E-state index in [2.05, 4.69) is 9.97 Å². The van der Waals surface area contributed by atoms with Crippen LogP contribution in [-0.4, -0.2) is 43.4 Å². The number of nitrogens with zero attached hydrogens (tertiary/aromatic N) is 5. The third-order valence-electron chi connectivity index (χ3n) is 5.09. The lowest BCUT2D eigenvalue weighted by atomic mass is 9.83. The van der Waals surface area contributed by atoms with Crippen LogP contribution in [0.1, 0.15) is 43.7 Å². The van der Waals surface area contributed by atoms with Crippen LogP contribution in [0.15, 0.2) is 31.1 Å². The van der Waals surface area contributed by atoms with Crippen molar-refractivity contribution in [1.29, 1.82) is 0 Å². The van der Waals surface area contributed by atoms with Gasteiger partial charge >= 0.3 is 0 Å². The lowest BCUT2D eigenvalue weighted by Crippen LogP contribution is -2.43. The highest BCUT2D eigenvalue weighted by atomic mass is 16.2. The third kappa shape index (κ3) is 2.85. The maximum Gasteiger partial charge on any atom is 0.225 e. The molecule has 0 bridgehead atoms. The smallest absolute Gasteiger partial charge is 0.225 e. The molecule has 1 aliphatic heterocycles. The van der Waals surface area contributed by atoms with Gasteiger partial charge in [0.15, 0.2) is 5.82 Å². The van der Waals surface area contributed by atoms with Crippen molar-refractivity contribution >= 4 is 5.91 Å². The minimum atomic E-state index is 0.302. The molecule has 0 spiro atoms. The Morgan fingerprint density at radius 1 is 1.09 bits per heavy atom. The molecule has 3 heterocycles. The molecule has 23 heavy (non-hydrogen) atoms. The minimum absolute atomic E-state index is 0.302. The number of rotatable bonds is 3. The zero-order valence-corrected chi connectivity index (χ0v) is 13.1. The van der Waals surface area contributed by atoms with Crippen LogP contribution in [0.5, 0.6) is 0 Å². The van der Waals surface area contributed by atoms with Crippen LogP contribution in [0.25, 0.3) is 5.82 Å². The summed E-state index contributed by atoms with van der Waals surface area (Å²) in [5, 5.41) is 0.